The molecule has 0 spiro atoms. The van der Waals surface area contributed by atoms with Gasteiger partial charge < -0.3 is 14.2 Å². The molecule has 1 aromatic heterocycles. The summed E-state index contributed by atoms with van der Waals surface area (Å²) in [7, 11) is 0.153. The number of methoxy groups -OCH3 is 1. The molecule has 0 N–H and O–H groups in total. The van der Waals surface area contributed by atoms with Crippen LogP contribution in [0.2, 0.25) is 25.7 Å². The molecule has 0 saturated heterocycles. The van der Waals surface area contributed by atoms with Crippen molar-refractivity contribution in [2.75, 3.05) is 13.7 Å². The summed E-state index contributed by atoms with van der Waals surface area (Å²) in [5.74, 6) is 0.914. The normalized spacial score (nSPS) is 11.3. The highest BCUT2D eigenvalue weighted by Gasteiger charge is 2.19. The van der Waals surface area contributed by atoms with Crippen LogP contribution in [0.4, 0.5) is 0 Å². The number of carbonyl (C=O) groups is 1. The van der Waals surface area contributed by atoms with Crippen LogP contribution >= 0.6 is 0 Å². The number of carbonyl (C=O) groups excluding carboxylic acids is 1. The molecule has 0 unspecified atom stereocenters. The van der Waals surface area contributed by atoms with Crippen molar-refractivity contribution >= 4 is 14.0 Å². The molecule has 30 heavy (non-hydrogen) atoms. The van der Waals surface area contributed by atoms with Crippen LogP contribution in [-0.4, -0.2) is 37.5 Å². The smallest absolute Gasteiger partial charge is 0.358 e. The van der Waals surface area contributed by atoms with E-state index in [9.17, 15) is 4.79 Å². The second kappa shape index (κ2) is 9.73. The zero-order chi connectivity index (χ0) is 21.6. The third-order valence-electron chi connectivity index (χ3n) is 4.52. The van der Waals surface area contributed by atoms with Gasteiger partial charge in [-0.2, -0.15) is 5.10 Å². The highest BCUT2D eigenvalue weighted by Crippen LogP contribution is 2.33. The van der Waals surface area contributed by atoms with E-state index in [0.29, 0.717) is 12.4 Å². The van der Waals surface area contributed by atoms with E-state index in [-0.39, 0.29) is 12.4 Å². The third kappa shape index (κ3) is 5.81. The predicted octanol–water partition coefficient (Wildman–Crippen LogP) is 5.44. The molecule has 6 nitrogen and oxygen atoms in total. The Labute approximate surface area is 178 Å². The van der Waals surface area contributed by atoms with Gasteiger partial charge in [-0.05, 0) is 36.4 Å². The molecule has 0 saturated carbocycles. The minimum atomic E-state index is -1.19. The number of benzene rings is 2. The first-order chi connectivity index (χ1) is 14.4. The van der Waals surface area contributed by atoms with E-state index < -0.39 is 14.0 Å². The molecular formula is C23H28N2O4Si. The highest BCUT2D eigenvalue weighted by atomic mass is 28.3. The van der Waals surface area contributed by atoms with Gasteiger partial charge in [0.1, 0.15) is 18.2 Å². The summed E-state index contributed by atoms with van der Waals surface area (Å²) in [4.78, 5) is 12.1. The summed E-state index contributed by atoms with van der Waals surface area (Å²) in [5, 5.41) is 4.41. The highest BCUT2D eigenvalue weighted by molar-refractivity contribution is 6.76. The Kier molecular flexibility index (Phi) is 7.07. The van der Waals surface area contributed by atoms with E-state index in [1.807, 2.05) is 54.6 Å². The van der Waals surface area contributed by atoms with Crippen LogP contribution in [0.15, 0.2) is 60.7 Å². The van der Waals surface area contributed by atoms with Crippen LogP contribution < -0.4 is 4.74 Å². The first-order valence-corrected chi connectivity index (χ1v) is 13.6. The lowest BCUT2D eigenvalue weighted by molar-refractivity contribution is 0.0583. The molecular weight excluding hydrogens is 396 g/mol. The second-order valence-electron chi connectivity index (χ2n) is 8.17. The Balaban J connectivity index is 1.90. The number of para-hydroxylation sites is 2. The van der Waals surface area contributed by atoms with Gasteiger partial charge in [-0.25, -0.2) is 9.48 Å². The van der Waals surface area contributed by atoms with E-state index in [0.717, 1.165) is 23.1 Å². The van der Waals surface area contributed by atoms with Crippen LogP contribution in [-0.2, 0) is 16.2 Å². The Morgan fingerprint density at radius 1 is 1.03 bits per heavy atom. The molecule has 0 fully saturated rings. The maximum atomic E-state index is 12.1. The lowest BCUT2D eigenvalue weighted by Crippen LogP contribution is -2.22. The van der Waals surface area contributed by atoms with Gasteiger partial charge in [-0.3, -0.25) is 0 Å². The van der Waals surface area contributed by atoms with Gasteiger partial charge in [-0.15, -0.1) is 0 Å². The standard InChI is InChI=1S/C23H28N2O4Si/c1-27-23(26)20-16-21(25(24-20)17-28-14-15-30(2,3)4)19-12-8-9-13-22(19)29-18-10-6-5-7-11-18/h5-13,16H,14-15,17H2,1-4H3. The van der Waals surface area contributed by atoms with Crippen molar-refractivity contribution in [3.8, 4) is 22.8 Å². The molecule has 2 aromatic carbocycles. The number of rotatable bonds is 9. The topological polar surface area (TPSA) is 62.6 Å². The van der Waals surface area contributed by atoms with Crippen molar-refractivity contribution in [2.45, 2.75) is 32.4 Å². The molecule has 158 valence electrons. The molecule has 3 rings (SSSR count). The van der Waals surface area contributed by atoms with E-state index >= 15 is 0 Å². The molecule has 0 bridgehead atoms. The van der Waals surface area contributed by atoms with Crippen molar-refractivity contribution < 1.29 is 19.0 Å². The molecule has 0 aliphatic rings. The second-order valence-corrected chi connectivity index (χ2v) is 13.8. The summed E-state index contributed by atoms with van der Waals surface area (Å²) < 4.78 is 18.5. The molecule has 0 atom stereocenters. The van der Waals surface area contributed by atoms with Gasteiger partial charge in [0.15, 0.2) is 5.69 Å². The van der Waals surface area contributed by atoms with Crippen molar-refractivity contribution in [2.24, 2.45) is 0 Å². The van der Waals surface area contributed by atoms with Crippen LogP contribution in [0.5, 0.6) is 11.5 Å². The van der Waals surface area contributed by atoms with Crippen LogP contribution in [0.25, 0.3) is 11.3 Å². The minimum Gasteiger partial charge on any atom is -0.464 e. The van der Waals surface area contributed by atoms with Crippen LogP contribution in [0.3, 0.4) is 0 Å². The average Bonchev–Trinajstić information content (AvgIpc) is 3.15. The van der Waals surface area contributed by atoms with Gasteiger partial charge in [0.2, 0.25) is 0 Å². The Hall–Kier alpha value is -2.90. The maximum Gasteiger partial charge on any atom is 0.358 e. The van der Waals surface area contributed by atoms with Gasteiger partial charge in [0, 0.05) is 20.2 Å². The minimum absolute atomic E-state index is 0.232. The lowest BCUT2D eigenvalue weighted by Gasteiger charge is -2.16. The summed E-state index contributed by atoms with van der Waals surface area (Å²) in [5.41, 5.74) is 1.78. The fraction of sp³-hybridized carbons (Fsp3) is 0.304. The lowest BCUT2D eigenvalue weighted by atomic mass is 10.1. The van der Waals surface area contributed by atoms with Crippen molar-refractivity contribution in [1.29, 1.82) is 0 Å². The van der Waals surface area contributed by atoms with Crippen molar-refractivity contribution in [1.82, 2.24) is 9.78 Å². The molecule has 3 aromatic rings. The van der Waals surface area contributed by atoms with E-state index in [2.05, 4.69) is 24.7 Å². The molecule has 0 aliphatic carbocycles. The van der Waals surface area contributed by atoms with Crippen molar-refractivity contribution in [3.05, 3.63) is 66.4 Å². The molecule has 0 aliphatic heterocycles. The number of esters is 1. The fourth-order valence-corrected chi connectivity index (χ4v) is 3.61. The summed E-state index contributed by atoms with van der Waals surface area (Å²) in [6, 6.07) is 20.0. The first-order valence-electron chi connectivity index (χ1n) is 9.93. The molecule has 7 heteroatoms. The first kappa shape index (κ1) is 21.8. The zero-order valence-electron chi connectivity index (χ0n) is 17.9. The number of aromatic nitrogens is 2. The quantitative estimate of drug-likeness (QED) is 0.260. The monoisotopic (exact) mass is 424 g/mol. The summed E-state index contributed by atoms with van der Waals surface area (Å²) >= 11 is 0. The summed E-state index contributed by atoms with van der Waals surface area (Å²) in [6.07, 6.45) is 0. The summed E-state index contributed by atoms with van der Waals surface area (Å²) in [6.45, 7) is 7.83. The Bertz CT molecular complexity index is 980. The third-order valence-corrected chi connectivity index (χ3v) is 6.22. The van der Waals surface area contributed by atoms with E-state index in [1.54, 1.807) is 10.7 Å². The Morgan fingerprint density at radius 3 is 2.43 bits per heavy atom. The SMILES string of the molecule is COC(=O)c1cc(-c2ccccc2Oc2ccccc2)n(COCC[Si](C)(C)C)n1. The fourth-order valence-electron chi connectivity index (χ4n) is 2.85. The van der Waals surface area contributed by atoms with Crippen LogP contribution in [0.1, 0.15) is 10.5 Å². The number of ether oxygens (including phenoxy) is 3. The van der Waals surface area contributed by atoms with Crippen molar-refractivity contribution in [3.63, 3.8) is 0 Å². The maximum absolute atomic E-state index is 12.1. The number of hydrogen-bond acceptors (Lipinski definition) is 5. The molecule has 0 radical (unpaired) electrons. The number of nitrogens with zero attached hydrogens (tertiary/aromatic N) is 2. The van der Waals surface area contributed by atoms with Gasteiger partial charge in [-0.1, -0.05) is 50.0 Å². The van der Waals surface area contributed by atoms with E-state index in [4.69, 9.17) is 14.2 Å². The Morgan fingerprint density at radius 2 is 1.73 bits per heavy atom. The molecule has 0 amide bonds. The number of hydrogen-bond donors (Lipinski definition) is 0. The van der Waals surface area contributed by atoms with E-state index in [1.165, 1.54) is 7.11 Å². The predicted molar refractivity (Wildman–Crippen MR) is 120 cm³/mol. The van der Waals surface area contributed by atoms with Gasteiger partial charge in [0.05, 0.1) is 12.8 Å². The average molecular weight is 425 g/mol. The molecule has 1 heterocycles. The van der Waals surface area contributed by atoms with Crippen LogP contribution in [0, 0.1) is 0 Å². The van der Waals surface area contributed by atoms with Gasteiger partial charge >= 0.3 is 5.97 Å². The van der Waals surface area contributed by atoms with Gasteiger partial charge in [0.25, 0.3) is 0 Å². The largest absolute Gasteiger partial charge is 0.464 e. The zero-order valence-corrected chi connectivity index (χ0v) is 18.9.